The van der Waals surface area contributed by atoms with E-state index in [4.69, 9.17) is 0 Å². The third-order valence-electron chi connectivity index (χ3n) is 4.70. The predicted molar refractivity (Wildman–Crippen MR) is 98.9 cm³/mol. The first kappa shape index (κ1) is 17.5. The van der Waals surface area contributed by atoms with Crippen molar-refractivity contribution in [2.45, 2.75) is 52.4 Å². The van der Waals surface area contributed by atoms with Gasteiger partial charge in [0.05, 0.1) is 0 Å². The van der Waals surface area contributed by atoms with Crippen LogP contribution in [0.3, 0.4) is 0 Å². The van der Waals surface area contributed by atoms with E-state index in [1.165, 1.54) is 5.57 Å². The molecule has 0 aromatic heterocycles. The second-order valence-electron chi connectivity index (χ2n) is 6.24. The molecule has 0 saturated heterocycles. The Morgan fingerprint density at radius 1 is 1.09 bits per heavy atom. The van der Waals surface area contributed by atoms with Gasteiger partial charge in [0.1, 0.15) is 5.83 Å². The molecule has 2 aliphatic carbocycles. The third-order valence-corrected chi connectivity index (χ3v) is 4.70. The average Bonchev–Trinajstić information content (AvgIpc) is 2.59. The molecular formula is C22H27F. The van der Waals surface area contributed by atoms with Crippen LogP contribution in [0.2, 0.25) is 0 Å². The number of allylic oxidation sites excluding steroid dienone is 12. The molecule has 0 aromatic carbocycles. The minimum absolute atomic E-state index is 0.0882. The monoisotopic (exact) mass is 310 g/mol. The first-order chi connectivity index (χ1) is 11.0. The lowest BCUT2D eigenvalue weighted by Crippen LogP contribution is -2.03. The molecule has 0 unspecified atom stereocenters. The summed E-state index contributed by atoms with van der Waals surface area (Å²) in [5.41, 5.74) is 6.44. The fourth-order valence-corrected chi connectivity index (χ4v) is 2.93. The van der Waals surface area contributed by atoms with Crippen LogP contribution in [0, 0.1) is 0 Å². The van der Waals surface area contributed by atoms with Crippen LogP contribution in [0.5, 0.6) is 0 Å². The van der Waals surface area contributed by atoms with Crippen LogP contribution in [-0.2, 0) is 0 Å². The maximum absolute atomic E-state index is 14.5. The summed E-state index contributed by atoms with van der Waals surface area (Å²) < 4.78 is 14.5. The second kappa shape index (κ2) is 8.10. The van der Waals surface area contributed by atoms with Gasteiger partial charge in [-0.25, -0.2) is 4.39 Å². The van der Waals surface area contributed by atoms with Crippen LogP contribution in [-0.4, -0.2) is 0 Å². The molecule has 0 atom stereocenters. The van der Waals surface area contributed by atoms with E-state index >= 15 is 0 Å². The molecule has 0 nitrogen and oxygen atoms in total. The standard InChI is InChI=1S/C22H27F/c1-5-16(3)7-8-17(4)20-13-14-21(22(23)15-20)19-11-9-18(6-2)10-12-19/h7-9,11,15H,3-6,10,12-14H2,1-2H3/b8-7-. The largest absolute Gasteiger partial charge is 0.207 e. The minimum Gasteiger partial charge on any atom is -0.207 e. The average molecular weight is 310 g/mol. The summed E-state index contributed by atoms with van der Waals surface area (Å²) >= 11 is 0. The highest BCUT2D eigenvalue weighted by molar-refractivity contribution is 5.50. The molecule has 0 bridgehead atoms. The first-order valence-corrected chi connectivity index (χ1v) is 8.58. The Hall–Kier alpha value is -1.89. The van der Waals surface area contributed by atoms with Gasteiger partial charge in [-0.15, -0.1) is 0 Å². The number of hydrogen-bond donors (Lipinski definition) is 0. The Morgan fingerprint density at radius 2 is 1.87 bits per heavy atom. The Bertz CT molecular complexity index is 647. The molecule has 2 aliphatic rings. The minimum atomic E-state index is -0.0882. The van der Waals surface area contributed by atoms with E-state index in [0.29, 0.717) is 0 Å². The molecule has 0 fully saturated rings. The van der Waals surface area contributed by atoms with Crippen molar-refractivity contribution in [3.8, 4) is 0 Å². The summed E-state index contributed by atoms with van der Waals surface area (Å²) in [6, 6.07) is 0. The second-order valence-corrected chi connectivity index (χ2v) is 6.24. The molecule has 0 amide bonds. The van der Waals surface area contributed by atoms with E-state index < -0.39 is 0 Å². The van der Waals surface area contributed by atoms with Gasteiger partial charge in [0.2, 0.25) is 0 Å². The molecule has 0 spiro atoms. The lowest BCUT2D eigenvalue weighted by Gasteiger charge is -2.21. The zero-order valence-electron chi connectivity index (χ0n) is 14.4. The van der Waals surface area contributed by atoms with Gasteiger partial charge in [0, 0.05) is 0 Å². The molecular weight excluding hydrogens is 283 g/mol. The van der Waals surface area contributed by atoms with E-state index in [0.717, 1.165) is 66.4 Å². The van der Waals surface area contributed by atoms with Gasteiger partial charge < -0.3 is 0 Å². The summed E-state index contributed by atoms with van der Waals surface area (Å²) in [5, 5.41) is 0. The molecule has 2 rings (SSSR count). The van der Waals surface area contributed by atoms with Crippen LogP contribution >= 0.6 is 0 Å². The van der Waals surface area contributed by atoms with Gasteiger partial charge in [0.15, 0.2) is 0 Å². The zero-order chi connectivity index (χ0) is 16.8. The molecule has 23 heavy (non-hydrogen) atoms. The fourth-order valence-electron chi connectivity index (χ4n) is 2.93. The SMILES string of the molecule is C=C(/C=C\C(=C)C1=CC(F)=C(C2=CC=C(CC)CC2)CC1)CC. The van der Waals surface area contributed by atoms with E-state index in [2.05, 4.69) is 39.2 Å². The van der Waals surface area contributed by atoms with Crippen molar-refractivity contribution in [2.75, 3.05) is 0 Å². The summed E-state index contributed by atoms with van der Waals surface area (Å²) in [6.45, 7) is 12.3. The molecule has 0 radical (unpaired) electrons. The summed E-state index contributed by atoms with van der Waals surface area (Å²) in [7, 11) is 0. The van der Waals surface area contributed by atoms with Gasteiger partial charge in [-0.3, -0.25) is 0 Å². The van der Waals surface area contributed by atoms with Crippen molar-refractivity contribution in [1.82, 2.24) is 0 Å². The van der Waals surface area contributed by atoms with Crippen LogP contribution in [0.25, 0.3) is 0 Å². The Labute approximate surface area is 140 Å². The highest BCUT2D eigenvalue weighted by atomic mass is 19.1. The van der Waals surface area contributed by atoms with E-state index in [1.54, 1.807) is 6.08 Å². The lowest BCUT2D eigenvalue weighted by atomic mass is 9.85. The van der Waals surface area contributed by atoms with Crippen molar-refractivity contribution in [3.05, 3.63) is 82.8 Å². The van der Waals surface area contributed by atoms with Crippen LogP contribution in [0.1, 0.15) is 52.4 Å². The Morgan fingerprint density at radius 3 is 2.43 bits per heavy atom. The quantitative estimate of drug-likeness (QED) is 0.460. The molecule has 0 aliphatic heterocycles. The third kappa shape index (κ3) is 4.54. The van der Waals surface area contributed by atoms with Crippen LogP contribution in [0.4, 0.5) is 4.39 Å². The van der Waals surface area contributed by atoms with Gasteiger partial charge in [-0.05, 0) is 66.9 Å². The Balaban J connectivity index is 2.15. The highest BCUT2D eigenvalue weighted by Crippen LogP contribution is 2.36. The van der Waals surface area contributed by atoms with Crippen molar-refractivity contribution < 1.29 is 4.39 Å². The van der Waals surface area contributed by atoms with Crippen molar-refractivity contribution in [2.24, 2.45) is 0 Å². The predicted octanol–water partition coefficient (Wildman–Crippen LogP) is 7.07. The topological polar surface area (TPSA) is 0 Å². The zero-order valence-corrected chi connectivity index (χ0v) is 14.4. The van der Waals surface area contributed by atoms with Gasteiger partial charge in [-0.1, -0.05) is 62.5 Å². The number of hydrogen-bond acceptors (Lipinski definition) is 0. The van der Waals surface area contributed by atoms with E-state index in [9.17, 15) is 4.39 Å². The van der Waals surface area contributed by atoms with Crippen molar-refractivity contribution in [1.29, 1.82) is 0 Å². The van der Waals surface area contributed by atoms with E-state index in [-0.39, 0.29) is 5.83 Å². The number of halogens is 1. The van der Waals surface area contributed by atoms with Crippen LogP contribution in [0.15, 0.2) is 82.8 Å². The van der Waals surface area contributed by atoms with Gasteiger partial charge in [-0.2, -0.15) is 0 Å². The first-order valence-electron chi connectivity index (χ1n) is 8.58. The van der Waals surface area contributed by atoms with Gasteiger partial charge in [0.25, 0.3) is 0 Å². The molecule has 0 N–H and O–H groups in total. The molecule has 122 valence electrons. The Kier molecular flexibility index (Phi) is 6.15. The maximum atomic E-state index is 14.5. The summed E-state index contributed by atoms with van der Waals surface area (Å²) in [4.78, 5) is 0. The smallest absolute Gasteiger partial charge is 0.126 e. The highest BCUT2D eigenvalue weighted by Gasteiger charge is 2.18. The lowest BCUT2D eigenvalue weighted by molar-refractivity contribution is 0.630. The van der Waals surface area contributed by atoms with Crippen molar-refractivity contribution in [3.63, 3.8) is 0 Å². The fraction of sp³-hybridized carbons (Fsp3) is 0.364. The summed E-state index contributed by atoms with van der Waals surface area (Å²) in [5.74, 6) is -0.0882. The van der Waals surface area contributed by atoms with Crippen LogP contribution < -0.4 is 0 Å². The van der Waals surface area contributed by atoms with Gasteiger partial charge >= 0.3 is 0 Å². The molecule has 0 heterocycles. The number of rotatable bonds is 6. The summed E-state index contributed by atoms with van der Waals surface area (Å²) in [6.07, 6.45) is 15.5. The maximum Gasteiger partial charge on any atom is 0.126 e. The van der Waals surface area contributed by atoms with E-state index in [1.807, 2.05) is 12.2 Å². The molecule has 1 heteroatoms. The van der Waals surface area contributed by atoms with Crippen molar-refractivity contribution >= 4 is 0 Å². The molecule has 0 aromatic rings. The normalized spacial score (nSPS) is 18.7. The molecule has 0 saturated carbocycles.